The summed E-state index contributed by atoms with van der Waals surface area (Å²) in [6, 6.07) is 9.61. The molecule has 1 saturated carbocycles. The molecule has 2 aliphatic rings. The van der Waals surface area contributed by atoms with Crippen molar-refractivity contribution < 1.29 is 4.79 Å². The Morgan fingerprint density at radius 2 is 2.05 bits per heavy atom. The molecule has 1 aliphatic heterocycles. The fourth-order valence-corrected chi connectivity index (χ4v) is 5.31. The van der Waals surface area contributed by atoms with Crippen molar-refractivity contribution in [2.45, 2.75) is 45.7 Å². The number of carbonyl (C=O) groups is 1. The number of piperidine rings is 1. The molecule has 0 radical (unpaired) electrons. The zero-order valence-corrected chi connectivity index (χ0v) is 21.4. The number of aryl methyl sites for hydroxylation is 1. The normalized spacial score (nSPS) is 16.2. The maximum absolute atomic E-state index is 12.8. The second-order valence-corrected chi connectivity index (χ2v) is 10.5. The second kappa shape index (κ2) is 9.59. The van der Waals surface area contributed by atoms with Gasteiger partial charge in [-0.25, -0.2) is 9.67 Å². The molecule has 0 atom stereocenters. The number of carbonyl (C=O) groups excluding carboxylic acids is 1. The summed E-state index contributed by atoms with van der Waals surface area (Å²) in [4.78, 5) is 20.2. The molecule has 11 heteroatoms. The van der Waals surface area contributed by atoms with E-state index in [1.165, 1.54) is 36.7 Å². The highest BCUT2D eigenvalue weighted by Gasteiger charge is 2.45. The summed E-state index contributed by atoms with van der Waals surface area (Å²) >= 11 is 6.18. The fraction of sp³-hybridized carbons (Fsp3) is 0.385. The number of nitrogens with zero attached hydrogens (tertiary/aromatic N) is 8. The van der Waals surface area contributed by atoms with Gasteiger partial charge in [0.2, 0.25) is 0 Å². The minimum Gasteiger partial charge on any atom is -0.356 e. The van der Waals surface area contributed by atoms with Crippen molar-refractivity contribution in [3.8, 4) is 5.69 Å². The number of tetrazole rings is 1. The molecule has 2 fully saturated rings. The first-order chi connectivity index (χ1) is 18.0. The number of amides is 1. The third kappa shape index (κ3) is 5.06. The van der Waals surface area contributed by atoms with E-state index in [1.54, 1.807) is 29.2 Å². The molecule has 0 bridgehead atoms. The Balaban J connectivity index is 1.10. The van der Waals surface area contributed by atoms with E-state index in [1.807, 2.05) is 13.0 Å². The summed E-state index contributed by atoms with van der Waals surface area (Å²) in [7, 11) is 0. The Morgan fingerprint density at radius 1 is 1.16 bits per heavy atom. The van der Waals surface area contributed by atoms with E-state index in [2.05, 4.69) is 43.0 Å². The van der Waals surface area contributed by atoms with Gasteiger partial charge < -0.3 is 10.2 Å². The van der Waals surface area contributed by atoms with Crippen LogP contribution in [0.25, 0.3) is 5.69 Å². The van der Waals surface area contributed by atoms with Gasteiger partial charge in [0.1, 0.15) is 12.1 Å². The van der Waals surface area contributed by atoms with Gasteiger partial charge in [-0.05, 0) is 83.8 Å². The van der Waals surface area contributed by atoms with E-state index in [4.69, 9.17) is 16.6 Å². The number of hydrogen-bond acceptors (Lipinski definition) is 7. The Morgan fingerprint density at radius 3 is 2.84 bits per heavy atom. The molecule has 1 aromatic carbocycles. The minimum absolute atomic E-state index is 0.224. The van der Waals surface area contributed by atoms with E-state index in [0.717, 1.165) is 41.4 Å². The number of aromatic nitrogens is 7. The predicted octanol–water partition coefficient (Wildman–Crippen LogP) is 3.57. The van der Waals surface area contributed by atoms with Crippen LogP contribution in [0.1, 0.15) is 52.9 Å². The maximum atomic E-state index is 12.8. The molecule has 1 spiro atoms. The van der Waals surface area contributed by atoms with Gasteiger partial charge in [-0.2, -0.15) is 5.10 Å². The molecule has 6 rings (SSSR count). The Bertz CT molecular complexity index is 1430. The second-order valence-electron chi connectivity index (χ2n) is 10.1. The number of nitrogens with one attached hydrogen (secondary N) is 1. The van der Waals surface area contributed by atoms with Crippen molar-refractivity contribution >= 4 is 23.3 Å². The summed E-state index contributed by atoms with van der Waals surface area (Å²) in [5.41, 5.74) is 4.65. The standard InChI is InChI=1S/C26H28ClN9O/c1-18-19(3-6-24(31-18)34-10-2-7-26(16-34)8-9-26)14-35-15-21(13-30-35)25(37)28-12-20-11-22(27)4-5-23(20)36-17-29-32-33-36/h3-6,11,13,15,17H,2,7-10,12,14,16H2,1H3,(H,28,37). The first-order valence-electron chi connectivity index (χ1n) is 12.5. The van der Waals surface area contributed by atoms with Gasteiger partial charge in [-0.15, -0.1) is 5.10 Å². The molecule has 4 aromatic rings. The molecular weight excluding hydrogens is 490 g/mol. The molecule has 1 saturated heterocycles. The number of halogens is 1. The topological polar surface area (TPSA) is 107 Å². The largest absolute Gasteiger partial charge is 0.356 e. The summed E-state index contributed by atoms with van der Waals surface area (Å²) in [5, 5.41) is 19.2. The SMILES string of the molecule is Cc1nc(N2CCCC3(CC3)C2)ccc1Cn1cc(C(=O)NCc2cc(Cl)ccc2-n2cnnn2)cn1. The molecule has 3 aromatic heterocycles. The molecule has 1 aliphatic carbocycles. The summed E-state index contributed by atoms with van der Waals surface area (Å²) in [6.07, 6.45) is 10.1. The van der Waals surface area contributed by atoms with Crippen LogP contribution < -0.4 is 10.2 Å². The average Bonchev–Trinajstić information content (AvgIpc) is 3.28. The highest BCUT2D eigenvalue weighted by Crippen LogP contribution is 2.52. The Hall–Kier alpha value is -3.79. The van der Waals surface area contributed by atoms with Crippen LogP contribution in [-0.2, 0) is 13.1 Å². The average molecular weight is 518 g/mol. The highest BCUT2D eigenvalue weighted by atomic mass is 35.5. The van der Waals surface area contributed by atoms with Gasteiger partial charge in [-0.3, -0.25) is 9.48 Å². The van der Waals surface area contributed by atoms with Gasteiger partial charge in [0.15, 0.2) is 0 Å². The lowest BCUT2D eigenvalue weighted by molar-refractivity contribution is 0.0951. The molecule has 37 heavy (non-hydrogen) atoms. The summed E-state index contributed by atoms with van der Waals surface area (Å²) in [6.45, 7) is 5.07. The van der Waals surface area contributed by atoms with Crippen LogP contribution in [-0.4, -0.2) is 54.0 Å². The monoisotopic (exact) mass is 517 g/mol. The van der Waals surface area contributed by atoms with Crippen LogP contribution in [0.15, 0.2) is 49.1 Å². The number of benzene rings is 1. The molecule has 4 heterocycles. The maximum Gasteiger partial charge on any atom is 0.254 e. The van der Waals surface area contributed by atoms with E-state index in [-0.39, 0.29) is 12.5 Å². The smallest absolute Gasteiger partial charge is 0.254 e. The summed E-state index contributed by atoms with van der Waals surface area (Å²) in [5.74, 6) is 0.841. The fourth-order valence-electron chi connectivity index (χ4n) is 5.12. The van der Waals surface area contributed by atoms with Crippen molar-refractivity contribution in [2.75, 3.05) is 18.0 Å². The lowest BCUT2D eigenvalue weighted by Gasteiger charge is -2.34. The van der Waals surface area contributed by atoms with Crippen molar-refractivity contribution in [2.24, 2.45) is 5.41 Å². The number of pyridine rings is 1. The van der Waals surface area contributed by atoms with Gasteiger partial charge >= 0.3 is 0 Å². The first kappa shape index (κ1) is 23.6. The quantitative estimate of drug-likeness (QED) is 0.399. The number of anilines is 1. The van der Waals surface area contributed by atoms with Gasteiger partial charge in [-0.1, -0.05) is 17.7 Å². The zero-order valence-electron chi connectivity index (χ0n) is 20.6. The van der Waals surface area contributed by atoms with Crippen LogP contribution in [0.3, 0.4) is 0 Å². The van der Waals surface area contributed by atoms with Crippen LogP contribution in [0.2, 0.25) is 5.02 Å². The van der Waals surface area contributed by atoms with Crippen molar-refractivity contribution in [1.29, 1.82) is 0 Å². The van der Waals surface area contributed by atoms with Crippen molar-refractivity contribution in [3.05, 3.63) is 76.5 Å². The number of hydrogen-bond donors (Lipinski definition) is 1. The molecule has 1 amide bonds. The van der Waals surface area contributed by atoms with Gasteiger partial charge in [0.25, 0.3) is 5.91 Å². The van der Waals surface area contributed by atoms with Crippen molar-refractivity contribution in [3.63, 3.8) is 0 Å². The lowest BCUT2D eigenvalue weighted by Crippen LogP contribution is -2.37. The molecular formula is C26H28ClN9O. The molecule has 0 unspecified atom stereocenters. The van der Waals surface area contributed by atoms with E-state index in [9.17, 15) is 4.79 Å². The molecule has 190 valence electrons. The van der Waals surface area contributed by atoms with Crippen LogP contribution in [0.4, 0.5) is 5.82 Å². The van der Waals surface area contributed by atoms with Gasteiger partial charge in [0.05, 0.1) is 24.0 Å². The third-order valence-corrected chi connectivity index (χ3v) is 7.66. The van der Waals surface area contributed by atoms with E-state index < -0.39 is 0 Å². The van der Waals surface area contributed by atoms with Crippen molar-refractivity contribution in [1.82, 2.24) is 40.3 Å². The van der Waals surface area contributed by atoms with Crippen LogP contribution >= 0.6 is 11.6 Å². The van der Waals surface area contributed by atoms with Gasteiger partial charge in [0, 0.05) is 36.5 Å². The Labute approximate surface area is 219 Å². The zero-order chi connectivity index (χ0) is 25.4. The van der Waals surface area contributed by atoms with Crippen LogP contribution in [0, 0.1) is 12.3 Å². The minimum atomic E-state index is -0.224. The Kier molecular flexibility index (Phi) is 6.11. The van der Waals surface area contributed by atoms with E-state index in [0.29, 0.717) is 22.5 Å². The molecule has 10 nitrogen and oxygen atoms in total. The highest BCUT2D eigenvalue weighted by molar-refractivity contribution is 6.30. The van der Waals surface area contributed by atoms with Crippen LogP contribution in [0.5, 0.6) is 0 Å². The lowest BCUT2D eigenvalue weighted by atomic mass is 9.95. The predicted molar refractivity (Wildman–Crippen MR) is 139 cm³/mol. The molecule has 1 N–H and O–H groups in total. The number of rotatable bonds is 7. The van der Waals surface area contributed by atoms with E-state index >= 15 is 0 Å². The third-order valence-electron chi connectivity index (χ3n) is 7.43. The summed E-state index contributed by atoms with van der Waals surface area (Å²) < 4.78 is 3.30. The first-order valence-corrected chi connectivity index (χ1v) is 12.9.